The molecule has 1 saturated heterocycles. The molecule has 0 aliphatic carbocycles. The third-order valence-corrected chi connectivity index (χ3v) is 10.8. The minimum absolute atomic E-state index is 0.0667. The highest BCUT2D eigenvalue weighted by Crippen LogP contribution is 2.29. The van der Waals surface area contributed by atoms with Crippen LogP contribution in [0.5, 0.6) is 0 Å². The summed E-state index contributed by atoms with van der Waals surface area (Å²) in [5, 5.41) is 7.95. The van der Waals surface area contributed by atoms with Crippen LogP contribution in [0.4, 0.5) is 15.3 Å². The summed E-state index contributed by atoms with van der Waals surface area (Å²) in [6.45, 7) is 3.46. The molecule has 12 heteroatoms. The van der Waals surface area contributed by atoms with E-state index in [1.807, 2.05) is 47.4 Å². The molecule has 47 heavy (non-hydrogen) atoms. The number of halogens is 2. The number of carbonyl (C=O) groups is 2. The minimum atomic E-state index is -0.514. The third kappa shape index (κ3) is 8.17. The van der Waals surface area contributed by atoms with Crippen LogP contribution in [-0.2, 0) is 24.2 Å². The highest BCUT2D eigenvalue weighted by Gasteiger charge is 2.32. The maximum Gasteiger partial charge on any atom is 0.426 e. The lowest BCUT2D eigenvalue weighted by Gasteiger charge is -2.37. The number of carbonyl (C=O) groups excluding carboxylic acids is 2. The number of nitrogens with zero attached hydrogens (tertiary/aromatic N) is 5. The number of amides is 3. The van der Waals surface area contributed by atoms with Crippen molar-refractivity contribution in [1.82, 2.24) is 29.7 Å². The van der Waals surface area contributed by atoms with Crippen LogP contribution in [0.3, 0.4) is 0 Å². The lowest BCUT2D eigenvalue weighted by atomic mass is 10.0. The average molecular weight is 768 g/mol. The number of piperidine rings is 1. The number of hydrogen-bond acceptors (Lipinski definition) is 6. The number of hydroxylamine groups is 2. The number of rotatable bonds is 10. The second kappa shape index (κ2) is 15.2. The van der Waals surface area contributed by atoms with Gasteiger partial charge in [0.25, 0.3) is 0 Å². The van der Waals surface area contributed by atoms with E-state index in [1.54, 1.807) is 5.06 Å². The summed E-state index contributed by atoms with van der Waals surface area (Å²) in [4.78, 5) is 41.6. The molecule has 1 unspecified atom stereocenters. The molecule has 2 aliphatic rings. The second-order valence-electron chi connectivity index (χ2n) is 12.5. The fraction of sp³-hybridized carbons (Fsp3) is 0.400. The molecular formula is C35H41Br2N7O3. The third-order valence-electron chi connectivity index (χ3n) is 8.92. The van der Waals surface area contributed by atoms with Crippen molar-refractivity contribution in [2.45, 2.75) is 50.7 Å². The zero-order valence-corrected chi connectivity index (χ0v) is 30.0. The SMILES string of the molecule is CN(C)CCCn1c(C(Cc2ccc(Br)c(Br)c2)NC(=O)ON2CCC(N3CCc4ccccc4NC3=O)CC2)nc2ccccc21. The molecule has 4 aromatic rings. The lowest BCUT2D eigenvalue weighted by molar-refractivity contribution is -0.120. The van der Waals surface area contributed by atoms with Gasteiger partial charge in [0.1, 0.15) is 5.82 Å². The van der Waals surface area contributed by atoms with E-state index in [9.17, 15) is 9.59 Å². The molecule has 3 heterocycles. The van der Waals surface area contributed by atoms with Gasteiger partial charge in [-0.05, 0) is 120 Å². The van der Waals surface area contributed by atoms with Gasteiger partial charge in [-0.2, -0.15) is 0 Å². The smallest absolute Gasteiger partial charge is 0.351 e. The van der Waals surface area contributed by atoms with E-state index < -0.39 is 12.1 Å². The molecule has 248 valence electrons. The maximum atomic E-state index is 13.5. The van der Waals surface area contributed by atoms with Crippen LogP contribution in [-0.4, -0.2) is 82.9 Å². The molecule has 6 rings (SSSR count). The highest BCUT2D eigenvalue weighted by molar-refractivity contribution is 9.13. The number of fused-ring (bicyclic) bond motifs is 2. The Morgan fingerprint density at radius 3 is 2.60 bits per heavy atom. The first-order valence-electron chi connectivity index (χ1n) is 16.2. The summed E-state index contributed by atoms with van der Waals surface area (Å²) in [7, 11) is 4.15. The lowest BCUT2D eigenvalue weighted by Crippen LogP contribution is -2.49. The second-order valence-corrected chi connectivity index (χ2v) is 14.2. The highest BCUT2D eigenvalue weighted by atomic mass is 79.9. The molecule has 2 N–H and O–H groups in total. The van der Waals surface area contributed by atoms with E-state index in [0.29, 0.717) is 26.1 Å². The molecule has 3 aromatic carbocycles. The normalized spacial score (nSPS) is 16.5. The molecule has 0 bridgehead atoms. The predicted octanol–water partition coefficient (Wildman–Crippen LogP) is 6.99. The van der Waals surface area contributed by atoms with Crippen molar-refractivity contribution in [2.24, 2.45) is 0 Å². The van der Waals surface area contributed by atoms with Crippen molar-refractivity contribution in [3.05, 3.63) is 92.6 Å². The zero-order chi connectivity index (χ0) is 32.9. The summed E-state index contributed by atoms with van der Waals surface area (Å²) in [5.41, 5.74) is 5.02. The van der Waals surface area contributed by atoms with Crippen molar-refractivity contribution in [2.75, 3.05) is 45.6 Å². The van der Waals surface area contributed by atoms with Crippen LogP contribution in [0.15, 0.2) is 75.7 Å². The summed E-state index contributed by atoms with van der Waals surface area (Å²) in [5.74, 6) is 0.799. The van der Waals surface area contributed by atoms with Crippen LogP contribution >= 0.6 is 31.9 Å². The molecule has 0 radical (unpaired) electrons. The van der Waals surface area contributed by atoms with Crippen LogP contribution in [0, 0.1) is 0 Å². The van der Waals surface area contributed by atoms with E-state index in [1.165, 1.54) is 0 Å². The Morgan fingerprint density at radius 1 is 1.04 bits per heavy atom. The number of anilines is 1. The molecule has 0 saturated carbocycles. The van der Waals surface area contributed by atoms with Gasteiger partial charge in [-0.3, -0.25) is 0 Å². The first kappa shape index (κ1) is 33.5. The molecule has 1 aromatic heterocycles. The van der Waals surface area contributed by atoms with Crippen LogP contribution < -0.4 is 10.6 Å². The number of imidazole rings is 1. The summed E-state index contributed by atoms with van der Waals surface area (Å²) in [6, 6.07) is 21.8. The van der Waals surface area contributed by atoms with E-state index in [2.05, 4.69) is 90.3 Å². The fourth-order valence-corrected chi connectivity index (χ4v) is 7.19. The predicted molar refractivity (Wildman–Crippen MR) is 191 cm³/mol. The van der Waals surface area contributed by atoms with Gasteiger partial charge in [-0.25, -0.2) is 14.6 Å². The Labute approximate surface area is 292 Å². The maximum absolute atomic E-state index is 13.5. The van der Waals surface area contributed by atoms with Gasteiger partial charge in [0.2, 0.25) is 0 Å². The molecule has 10 nitrogen and oxygen atoms in total. The summed E-state index contributed by atoms with van der Waals surface area (Å²) in [6.07, 6.45) is 3.21. The number of aryl methyl sites for hydroxylation is 1. The van der Waals surface area contributed by atoms with E-state index in [0.717, 1.165) is 81.4 Å². The van der Waals surface area contributed by atoms with Crippen LogP contribution in [0.2, 0.25) is 0 Å². The van der Waals surface area contributed by atoms with Gasteiger partial charge in [0, 0.05) is 53.3 Å². The number of urea groups is 1. The quantitative estimate of drug-likeness (QED) is 0.181. The monoisotopic (exact) mass is 765 g/mol. The Kier molecular flexibility index (Phi) is 10.8. The Morgan fingerprint density at radius 2 is 1.81 bits per heavy atom. The Hall–Kier alpha value is -3.45. The molecule has 1 fully saturated rings. The van der Waals surface area contributed by atoms with Gasteiger partial charge in [0.15, 0.2) is 0 Å². The molecule has 0 spiro atoms. The summed E-state index contributed by atoms with van der Waals surface area (Å²) >= 11 is 7.20. The number of hydrogen-bond donors (Lipinski definition) is 2. The van der Waals surface area contributed by atoms with Gasteiger partial charge in [0.05, 0.1) is 17.1 Å². The summed E-state index contributed by atoms with van der Waals surface area (Å²) < 4.78 is 4.14. The van der Waals surface area contributed by atoms with Gasteiger partial charge < -0.3 is 29.8 Å². The molecule has 3 amide bonds. The van der Waals surface area contributed by atoms with E-state index in [-0.39, 0.29) is 12.1 Å². The standard InChI is InChI=1S/C35H41Br2N7O3/c1-41(2)17-7-18-44-32-11-6-5-10-30(32)38-33(44)31(23-24-12-13-27(36)28(37)22-24)40-35(46)47-42-19-15-26(16-20-42)43-21-14-25-8-3-4-9-29(25)39-34(43)45/h3-6,8-13,22,26,31H,7,14-21,23H2,1-2H3,(H,39,45)(H,40,46). The van der Waals surface area contributed by atoms with E-state index in [4.69, 9.17) is 9.82 Å². The number of aromatic nitrogens is 2. The first-order valence-corrected chi connectivity index (χ1v) is 17.8. The number of para-hydroxylation sites is 3. The number of benzene rings is 3. The fourth-order valence-electron chi connectivity index (χ4n) is 6.52. The topological polar surface area (TPSA) is 95.0 Å². The van der Waals surface area contributed by atoms with Crippen molar-refractivity contribution in [3.8, 4) is 0 Å². The Balaban J connectivity index is 1.15. The number of nitrogens with one attached hydrogen (secondary N) is 2. The van der Waals surface area contributed by atoms with E-state index >= 15 is 0 Å². The molecule has 1 atom stereocenters. The van der Waals surface area contributed by atoms with Crippen molar-refractivity contribution in [3.63, 3.8) is 0 Å². The van der Waals surface area contributed by atoms with Crippen molar-refractivity contribution in [1.29, 1.82) is 0 Å². The van der Waals surface area contributed by atoms with Gasteiger partial charge in [-0.15, -0.1) is 5.06 Å². The largest absolute Gasteiger partial charge is 0.426 e. The molecule has 2 aliphatic heterocycles. The zero-order valence-electron chi connectivity index (χ0n) is 26.8. The van der Waals surface area contributed by atoms with Crippen LogP contribution in [0.25, 0.3) is 11.0 Å². The minimum Gasteiger partial charge on any atom is -0.351 e. The van der Waals surface area contributed by atoms with Crippen LogP contribution in [0.1, 0.15) is 42.3 Å². The first-order chi connectivity index (χ1) is 22.7. The van der Waals surface area contributed by atoms with Gasteiger partial charge >= 0.3 is 12.1 Å². The molecular weight excluding hydrogens is 726 g/mol. The van der Waals surface area contributed by atoms with Gasteiger partial charge in [-0.1, -0.05) is 36.4 Å². The Bertz CT molecular complexity index is 1720. The average Bonchev–Trinajstić information content (AvgIpc) is 3.33. The van der Waals surface area contributed by atoms with Crippen molar-refractivity contribution < 1.29 is 14.4 Å². The van der Waals surface area contributed by atoms with Crippen molar-refractivity contribution >= 4 is 60.7 Å².